The molecule has 4 heteroatoms. The molecule has 0 aliphatic heterocycles. The van der Waals surface area contributed by atoms with Crippen LogP contribution in [0.4, 0.5) is 0 Å². The third kappa shape index (κ3) is 4.45. The van der Waals surface area contributed by atoms with E-state index in [2.05, 4.69) is 23.6 Å². The van der Waals surface area contributed by atoms with Gasteiger partial charge in [0, 0.05) is 0 Å². The maximum atomic E-state index is 11.9. The van der Waals surface area contributed by atoms with Gasteiger partial charge in [-0.1, -0.05) is 44.2 Å². The Hall–Kier alpha value is -2.62. The molecule has 0 saturated heterocycles. The van der Waals surface area contributed by atoms with Crippen LogP contribution in [0.5, 0.6) is 0 Å². The summed E-state index contributed by atoms with van der Waals surface area (Å²) in [7, 11) is 0. The van der Waals surface area contributed by atoms with E-state index < -0.39 is 11.9 Å². The van der Waals surface area contributed by atoms with Crippen LogP contribution in [0.25, 0.3) is 0 Å². The van der Waals surface area contributed by atoms with Crippen LogP contribution in [-0.2, 0) is 16.2 Å². The van der Waals surface area contributed by atoms with E-state index in [9.17, 15) is 9.59 Å². The maximum absolute atomic E-state index is 11.9. The van der Waals surface area contributed by atoms with Crippen molar-refractivity contribution in [1.82, 2.24) is 0 Å². The molecule has 0 aliphatic rings. The fourth-order valence-electron chi connectivity index (χ4n) is 2.04. The van der Waals surface area contributed by atoms with Gasteiger partial charge in [-0.2, -0.15) is 0 Å². The molecule has 0 spiro atoms. The summed E-state index contributed by atoms with van der Waals surface area (Å²) in [4.78, 5) is 32.8. The molecule has 0 aromatic heterocycles. The Morgan fingerprint density at radius 3 is 2.09 bits per heavy atom. The standard InChI is InChI=1S/C18H18O4/c1-13(2)11-14-7-6-10-16(12-14)18(20)22-21-17(19)15-8-4-3-5-9-15/h3-10,12-13H,11H2,1-2H3. The first-order valence-corrected chi connectivity index (χ1v) is 7.13. The van der Waals surface area contributed by atoms with Crippen molar-refractivity contribution in [3.8, 4) is 0 Å². The number of carbonyl (C=O) groups excluding carboxylic acids is 2. The number of hydrogen-bond donors (Lipinski definition) is 0. The van der Waals surface area contributed by atoms with Crippen LogP contribution in [-0.4, -0.2) is 11.9 Å². The highest BCUT2D eigenvalue weighted by Crippen LogP contribution is 2.12. The van der Waals surface area contributed by atoms with Crippen molar-refractivity contribution < 1.29 is 19.4 Å². The Labute approximate surface area is 129 Å². The van der Waals surface area contributed by atoms with Crippen LogP contribution in [0, 0.1) is 5.92 Å². The Bertz CT molecular complexity index is 647. The summed E-state index contributed by atoms with van der Waals surface area (Å²) < 4.78 is 0. The fourth-order valence-corrected chi connectivity index (χ4v) is 2.04. The SMILES string of the molecule is CC(C)Cc1cccc(C(=O)OOC(=O)c2ccccc2)c1. The van der Waals surface area contributed by atoms with E-state index in [0.29, 0.717) is 17.0 Å². The lowest BCUT2D eigenvalue weighted by atomic mass is 10.0. The molecule has 0 atom stereocenters. The summed E-state index contributed by atoms with van der Waals surface area (Å²) in [5.74, 6) is -0.899. The highest BCUT2D eigenvalue weighted by atomic mass is 17.2. The Morgan fingerprint density at radius 2 is 1.45 bits per heavy atom. The summed E-state index contributed by atoms with van der Waals surface area (Å²) >= 11 is 0. The largest absolute Gasteiger partial charge is 0.386 e. The van der Waals surface area contributed by atoms with Gasteiger partial charge >= 0.3 is 11.9 Å². The first kappa shape index (κ1) is 15.8. The Balaban J connectivity index is 1.96. The van der Waals surface area contributed by atoms with Crippen LogP contribution >= 0.6 is 0 Å². The Morgan fingerprint density at radius 1 is 0.864 bits per heavy atom. The van der Waals surface area contributed by atoms with Gasteiger partial charge in [0.25, 0.3) is 0 Å². The van der Waals surface area contributed by atoms with Gasteiger partial charge in [-0.3, -0.25) is 0 Å². The molecule has 0 amide bonds. The summed E-state index contributed by atoms with van der Waals surface area (Å²) in [6, 6.07) is 15.5. The fraction of sp³-hybridized carbons (Fsp3) is 0.222. The van der Waals surface area contributed by atoms with Crippen LogP contribution in [0.2, 0.25) is 0 Å². The monoisotopic (exact) mass is 298 g/mol. The highest BCUT2D eigenvalue weighted by molar-refractivity contribution is 5.92. The van der Waals surface area contributed by atoms with Crippen LogP contribution in [0.1, 0.15) is 40.1 Å². The van der Waals surface area contributed by atoms with E-state index in [4.69, 9.17) is 0 Å². The van der Waals surface area contributed by atoms with Crippen molar-refractivity contribution in [3.63, 3.8) is 0 Å². The predicted molar refractivity (Wildman–Crippen MR) is 82.3 cm³/mol. The second kappa shape index (κ2) is 7.41. The third-order valence-corrected chi connectivity index (χ3v) is 3.01. The van der Waals surface area contributed by atoms with Gasteiger partial charge in [0.05, 0.1) is 11.1 Å². The third-order valence-electron chi connectivity index (χ3n) is 3.01. The van der Waals surface area contributed by atoms with Gasteiger partial charge in [-0.15, -0.1) is 0 Å². The molecule has 4 nitrogen and oxygen atoms in total. The number of carbonyl (C=O) groups is 2. The maximum Gasteiger partial charge on any atom is 0.386 e. The predicted octanol–water partition coefficient (Wildman–Crippen LogP) is 3.81. The van der Waals surface area contributed by atoms with Gasteiger partial charge in [0.2, 0.25) is 0 Å². The van der Waals surface area contributed by atoms with E-state index in [1.54, 1.807) is 48.5 Å². The van der Waals surface area contributed by atoms with E-state index in [-0.39, 0.29) is 0 Å². The zero-order valence-electron chi connectivity index (χ0n) is 12.6. The molecule has 0 N–H and O–H groups in total. The minimum absolute atomic E-state index is 0.323. The molecular formula is C18H18O4. The molecule has 22 heavy (non-hydrogen) atoms. The van der Waals surface area contributed by atoms with E-state index in [0.717, 1.165) is 12.0 Å². The number of hydrogen-bond acceptors (Lipinski definition) is 4. The molecule has 0 radical (unpaired) electrons. The second-order valence-electron chi connectivity index (χ2n) is 5.41. The molecule has 0 bridgehead atoms. The first-order chi connectivity index (χ1) is 10.6. The van der Waals surface area contributed by atoms with Crippen molar-refractivity contribution in [2.75, 3.05) is 0 Å². The minimum atomic E-state index is -0.702. The van der Waals surface area contributed by atoms with Crippen LogP contribution in [0.3, 0.4) is 0 Å². The van der Waals surface area contributed by atoms with Crippen molar-refractivity contribution in [3.05, 3.63) is 71.3 Å². The molecule has 0 fully saturated rings. The zero-order chi connectivity index (χ0) is 15.9. The lowest BCUT2D eigenvalue weighted by molar-refractivity contribution is -0.187. The second-order valence-corrected chi connectivity index (χ2v) is 5.41. The average molecular weight is 298 g/mol. The number of rotatable bonds is 4. The van der Waals surface area contributed by atoms with Gasteiger partial charge in [-0.25, -0.2) is 19.4 Å². The van der Waals surface area contributed by atoms with Crippen molar-refractivity contribution in [1.29, 1.82) is 0 Å². The van der Waals surface area contributed by atoms with Crippen LogP contribution in [0.15, 0.2) is 54.6 Å². The molecule has 0 aliphatic carbocycles. The van der Waals surface area contributed by atoms with E-state index in [1.807, 2.05) is 6.07 Å². The molecular weight excluding hydrogens is 280 g/mol. The molecule has 0 saturated carbocycles. The topological polar surface area (TPSA) is 52.6 Å². The zero-order valence-corrected chi connectivity index (χ0v) is 12.6. The summed E-state index contributed by atoms with van der Waals surface area (Å²) in [6.07, 6.45) is 0.866. The molecule has 0 unspecified atom stereocenters. The Kier molecular flexibility index (Phi) is 5.31. The van der Waals surface area contributed by atoms with Crippen molar-refractivity contribution in [2.45, 2.75) is 20.3 Å². The quantitative estimate of drug-likeness (QED) is 0.636. The first-order valence-electron chi connectivity index (χ1n) is 7.13. The lowest BCUT2D eigenvalue weighted by Gasteiger charge is -2.07. The number of benzene rings is 2. The summed E-state index contributed by atoms with van der Waals surface area (Å²) in [6.45, 7) is 4.21. The van der Waals surface area contributed by atoms with Gasteiger partial charge in [-0.05, 0) is 42.2 Å². The normalized spacial score (nSPS) is 10.3. The molecule has 114 valence electrons. The van der Waals surface area contributed by atoms with Crippen molar-refractivity contribution in [2.24, 2.45) is 5.92 Å². The summed E-state index contributed by atoms with van der Waals surface area (Å²) in [5, 5.41) is 0. The lowest BCUT2D eigenvalue weighted by Crippen LogP contribution is -2.12. The molecule has 2 aromatic rings. The van der Waals surface area contributed by atoms with Gasteiger partial charge < -0.3 is 0 Å². The van der Waals surface area contributed by atoms with Crippen molar-refractivity contribution >= 4 is 11.9 Å². The minimum Gasteiger partial charge on any atom is -0.242 e. The van der Waals surface area contributed by atoms with Gasteiger partial charge in [0.1, 0.15) is 0 Å². The molecule has 2 rings (SSSR count). The average Bonchev–Trinajstić information content (AvgIpc) is 2.52. The van der Waals surface area contributed by atoms with E-state index in [1.165, 1.54) is 0 Å². The molecule has 0 heterocycles. The van der Waals surface area contributed by atoms with Crippen LogP contribution < -0.4 is 0 Å². The van der Waals surface area contributed by atoms with E-state index >= 15 is 0 Å². The van der Waals surface area contributed by atoms with Gasteiger partial charge in [0.15, 0.2) is 0 Å². The summed E-state index contributed by atoms with van der Waals surface area (Å²) in [5.41, 5.74) is 1.72. The highest BCUT2D eigenvalue weighted by Gasteiger charge is 2.14. The smallest absolute Gasteiger partial charge is 0.242 e. The molecule has 2 aromatic carbocycles.